The molecule has 0 aromatic carbocycles. The lowest BCUT2D eigenvalue weighted by Gasteiger charge is -2.36. The molecule has 1 N–H and O–H groups in total. The van der Waals surface area contributed by atoms with Gasteiger partial charge in [-0.25, -0.2) is 0 Å². The molecule has 4 aliphatic rings. The molecule has 9 heteroatoms. The highest BCUT2D eigenvalue weighted by atomic mass is 16.5. The third-order valence-electron chi connectivity index (χ3n) is 7.43. The summed E-state index contributed by atoms with van der Waals surface area (Å²) in [4.78, 5) is 13.9. The minimum atomic E-state index is 0. The molecule has 2 aliphatic carbocycles. The van der Waals surface area contributed by atoms with E-state index in [0.29, 0.717) is 37.6 Å². The Balaban J connectivity index is 0.00000274. The van der Waals surface area contributed by atoms with Gasteiger partial charge in [-0.2, -0.15) is 15.1 Å². The van der Waals surface area contributed by atoms with Crippen molar-refractivity contribution in [1.29, 1.82) is 0 Å². The van der Waals surface area contributed by atoms with E-state index in [1.54, 1.807) is 0 Å². The maximum atomic E-state index is 6.01. The van der Waals surface area contributed by atoms with E-state index in [0.717, 1.165) is 64.1 Å². The fraction of sp³-hybridized carbons (Fsp3) is 0.792. The highest BCUT2D eigenvalue weighted by molar-refractivity contribution is 5.88. The largest absolute Gasteiger partial charge is 0.462 e. The molecule has 4 fully saturated rings. The highest BCUT2D eigenvalue weighted by Crippen LogP contribution is 2.39. The van der Waals surface area contributed by atoms with Gasteiger partial charge in [0.15, 0.2) is 5.82 Å². The zero-order valence-electron chi connectivity index (χ0n) is 19.7. The SMILES string of the molecule is [HH].c1c(N/N=C2\CCC[C@H]3CCCCC23)nc(OCCN2CCOCC2)nc1N1CCOCC1. The number of aromatic nitrogens is 2. The van der Waals surface area contributed by atoms with Gasteiger partial charge in [0.1, 0.15) is 12.4 Å². The van der Waals surface area contributed by atoms with Crippen LogP contribution in [0.15, 0.2) is 11.2 Å². The molecule has 0 radical (unpaired) electrons. The predicted molar refractivity (Wildman–Crippen MR) is 130 cm³/mol. The molecule has 9 nitrogen and oxygen atoms in total. The number of nitrogens with one attached hydrogen (secondary N) is 1. The number of rotatable bonds is 7. The van der Waals surface area contributed by atoms with Crippen LogP contribution in [0, 0.1) is 11.8 Å². The van der Waals surface area contributed by atoms with E-state index in [-0.39, 0.29) is 1.43 Å². The average Bonchev–Trinajstić information content (AvgIpc) is 2.88. The first-order valence-corrected chi connectivity index (χ1v) is 12.8. The van der Waals surface area contributed by atoms with Crippen molar-refractivity contribution in [3.63, 3.8) is 0 Å². The Hall–Kier alpha value is -1.97. The summed E-state index contributed by atoms with van der Waals surface area (Å²) in [5.74, 6) is 3.04. The fourth-order valence-electron chi connectivity index (χ4n) is 5.57. The lowest BCUT2D eigenvalue weighted by molar-refractivity contribution is 0.0317. The van der Waals surface area contributed by atoms with Crippen LogP contribution in [0.25, 0.3) is 0 Å². The Morgan fingerprint density at radius 1 is 1.00 bits per heavy atom. The number of nitrogens with zero attached hydrogens (tertiary/aromatic N) is 5. The van der Waals surface area contributed by atoms with Crippen molar-refractivity contribution in [2.45, 2.75) is 44.9 Å². The number of anilines is 2. The normalized spacial score (nSPS) is 27.9. The Morgan fingerprint density at radius 3 is 2.61 bits per heavy atom. The molecule has 3 heterocycles. The first-order valence-electron chi connectivity index (χ1n) is 12.8. The van der Waals surface area contributed by atoms with Gasteiger partial charge in [0.25, 0.3) is 0 Å². The van der Waals surface area contributed by atoms with Crippen LogP contribution in [0.1, 0.15) is 46.4 Å². The molecule has 0 spiro atoms. The van der Waals surface area contributed by atoms with Crippen molar-refractivity contribution in [3.05, 3.63) is 6.07 Å². The van der Waals surface area contributed by atoms with Crippen LogP contribution in [0.3, 0.4) is 0 Å². The molecule has 0 amide bonds. The van der Waals surface area contributed by atoms with Gasteiger partial charge >= 0.3 is 6.01 Å². The maximum absolute atomic E-state index is 6.01. The quantitative estimate of drug-likeness (QED) is 0.622. The van der Waals surface area contributed by atoms with Crippen molar-refractivity contribution in [1.82, 2.24) is 14.9 Å². The van der Waals surface area contributed by atoms with Crippen LogP contribution >= 0.6 is 0 Å². The lowest BCUT2D eigenvalue weighted by atomic mass is 9.70. The van der Waals surface area contributed by atoms with Gasteiger partial charge in [0.2, 0.25) is 0 Å². The molecule has 2 atom stereocenters. The minimum Gasteiger partial charge on any atom is -0.462 e. The second kappa shape index (κ2) is 11.4. The molecule has 1 aromatic rings. The molecule has 1 unspecified atom stereocenters. The zero-order valence-corrected chi connectivity index (χ0v) is 19.7. The Bertz CT molecular complexity index is 799. The summed E-state index contributed by atoms with van der Waals surface area (Å²) in [5, 5.41) is 4.87. The van der Waals surface area contributed by atoms with Crippen molar-refractivity contribution in [2.75, 3.05) is 76.1 Å². The molecule has 1 aromatic heterocycles. The van der Waals surface area contributed by atoms with E-state index in [1.807, 2.05) is 6.07 Å². The summed E-state index contributed by atoms with van der Waals surface area (Å²) < 4.78 is 17.0. The predicted octanol–water partition coefficient (Wildman–Crippen LogP) is 3.03. The van der Waals surface area contributed by atoms with E-state index < -0.39 is 0 Å². The van der Waals surface area contributed by atoms with E-state index in [9.17, 15) is 0 Å². The van der Waals surface area contributed by atoms with Crippen LogP contribution in [-0.4, -0.2) is 86.3 Å². The second-order valence-corrected chi connectivity index (χ2v) is 9.55. The van der Waals surface area contributed by atoms with E-state index >= 15 is 0 Å². The lowest BCUT2D eigenvalue weighted by Crippen LogP contribution is -2.39. The van der Waals surface area contributed by atoms with Gasteiger partial charge in [-0.1, -0.05) is 12.8 Å². The number of fused-ring (bicyclic) bond motifs is 1. The van der Waals surface area contributed by atoms with Crippen molar-refractivity contribution < 1.29 is 15.6 Å². The number of ether oxygens (including phenoxy) is 3. The highest BCUT2D eigenvalue weighted by Gasteiger charge is 2.32. The summed E-state index contributed by atoms with van der Waals surface area (Å²) in [6, 6.07) is 2.40. The second-order valence-electron chi connectivity index (χ2n) is 9.55. The average molecular weight is 461 g/mol. The maximum Gasteiger partial charge on any atom is 0.320 e. The number of morpholine rings is 2. The van der Waals surface area contributed by atoms with Crippen LogP contribution in [-0.2, 0) is 9.47 Å². The topological polar surface area (TPSA) is 84.3 Å². The van der Waals surface area contributed by atoms with Gasteiger partial charge < -0.3 is 19.1 Å². The molecule has 33 heavy (non-hydrogen) atoms. The third kappa shape index (κ3) is 6.13. The number of hydrazone groups is 1. The summed E-state index contributed by atoms with van der Waals surface area (Å²) in [6.45, 7) is 7.96. The minimum absolute atomic E-state index is 0. The van der Waals surface area contributed by atoms with Crippen LogP contribution < -0.4 is 15.1 Å². The molecule has 2 saturated heterocycles. The molecular formula is C24H40N6O3. The standard InChI is InChI=1S/C24H38N6O3.H2/c1-2-6-20-19(4-1)5-3-7-21(20)27-28-22-18-23(30-11-15-32-16-12-30)26-24(25-22)33-17-10-29-8-13-31-14-9-29;/h18-20H,1-17H2,(H,25,26,28);1H/b27-21+;/t19-,20?;/m1./s1. The molecule has 0 bridgehead atoms. The Kier molecular flexibility index (Phi) is 7.91. The fourth-order valence-corrected chi connectivity index (χ4v) is 5.57. The summed E-state index contributed by atoms with van der Waals surface area (Å²) >= 11 is 0. The zero-order chi connectivity index (χ0) is 22.3. The number of hydrogen-bond acceptors (Lipinski definition) is 9. The van der Waals surface area contributed by atoms with Crippen molar-refractivity contribution in [2.24, 2.45) is 16.9 Å². The molecule has 5 rings (SSSR count). The summed E-state index contributed by atoms with van der Waals surface area (Å²) in [5.41, 5.74) is 4.61. The third-order valence-corrected chi connectivity index (χ3v) is 7.43. The monoisotopic (exact) mass is 460 g/mol. The summed E-state index contributed by atoms with van der Waals surface area (Å²) in [7, 11) is 0. The first-order chi connectivity index (χ1) is 16.3. The van der Waals surface area contributed by atoms with Crippen LogP contribution in [0.2, 0.25) is 0 Å². The summed E-state index contributed by atoms with van der Waals surface area (Å²) in [6.07, 6.45) is 9.06. The van der Waals surface area contributed by atoms with Gasteiger partial charge in [-0.3, -0.25) is 10.3 Å². The van der Waals surface area contributed by atoms with Gasteiger partial charge in [0, 0.05) is 51.8 Å². The molecular weight excluding hydrogens is 420 g/mol. The molecule has 184 valence electrons. The van der Waals surface area contributed by atoms with Crippen molar-refractivity contribution in [3.8, 4) is 6.01 Å². The first kappa shape index (κ1) is 22.8. The van der Waals surface area contributed by atoms with Crippen LogP contribution in [0.5, 0.6) is 6.01 Å². The van der Waals surface area contributed by atoms with E-state index in [4.69, 9.17) is 24.3 Å². The number of hydrogen-bond donors (Lipinski definition) is 1. The van der Waals surface area contributed by atoms with E-state index in [2.05, 4.69) is 20.2 Å². The van der Waals surface area contributed by atoms with E-state index in [1.165, 1.54) is 44.2 Å². The van der Waals surface area contributed by atoms with Gasteiger partial charge in [-0.05, 0) is 38.0 Å². The van der Waals surface area contributed by atoms with Gasteiger partial charge in [0.05, 0.1) is 26.4 Å². The van der Waals surface area contributed by atoms with Gasteiger partial charge in [-0.15, -0.1) is 0 Å². The Labute approximate surface area is 198 Å². The van der Waals surface area contributed by atoms with Crippen molar-refractivity contribution >= 4 is 17.3 Å². The molecule has 2 aliphatic heterocycles. The Morgan fingerprint density at radius 2 is 1.76 bits per heavy atom. The molecule has 2 saturated carbocycles. The smallest absolute Gasteiger partial charge is 0.320 e. The van der Waals surface area contributed by atoms with Crippen LogP contribution in [0.4, 0.5) is 11.6 Å².